The number of nitrogens with zero attached hydrogens (tertiary/aromatic N) is 3. The summed E-state index contributed by atoms with van der Waals surface area (Å²) < 4.78 is 6.86. The molecular weight excluding hydrogens is 349 g/mol. The van der Waals surface area contributed by atoms with Crippen molar-refractivity contribution in [2.24, 2.45) is 0 Å². The Hall–Kier alpha value is -2.63. The molecule has 0 radical (unpaired) electrons. The molecule has 3 heterocycles. The summed E-state index contributed by atoms with van der Waals surface area (Å²) >= 11 is 11.8. The van der Waals surface area contributed by atoms with E-state index in [0.717, 1.165) is 5.39 Å². The van der Waals surface area contributed by atoms with E-state index in [0.29, 0.717) is 27.7 Å². The van der Waals surface area contributed by atoms with Crippen LogP contribution in [0.3, 0.4) is 0 Å². The zero-order chi connectivity index (χ0) is 16.7. The maximum atomic E-state index is 12.7. The number of pyridine rings is 2. The summed E-state index contributed by atoms with van der Waals surface area (Å²) in [6.45, 7) is 0. The smallest absolute Gasteiger partial charge is 0.294 e. The second-order valence-corrected chi connectivity index (χ2v) is 5.82. The van der Waals surface area contributed by atoms with Crippen LogP contribution in [0.25, 0.3) is 28.0 Å². The Morgan fingerprint density at radius 3 is 2.62 bits per heavy atom. The molecule has 0 saturated heterocycles. The van der Waals surface area contributed by atoms with Crippen LogP contribution in [0.15, 0.2) is 64.1 Å². The van der Waals surface area contributed by atoms with Crippen molar-refractivity contribution in [3.8, 4) is 17.1 Å². The number of halogens is 2. The van der Waals surface area contributed by atoms with Crippen molar-refractivity contribution < 1.29 is 4.42 Å². The van der Waals surface area contributed by atoms with Gasteiger partial charge in [-0.2, -0.15) is 4.98 Å². The molecule has 0 unspecified atom stereocenters. The Labute approximate surface area is 146 Å². The first kappa shape index (κ1) is 14.9. The van der Waals surface area contributed by atoms with Gasteiger partial charge in [0.1, 0.15) is 5.52 Å². The Morgan fingerprint density at radius 2 is 1.83 bits per heavy atom. The maximum Gasteiger partial charge on any atom is 0.294 e. The lowest BCUT2D eigenvalue weighted by Gasteiger charge is -2.05. The number of hydrogen-bond donors (Lipinski definition) is 0. The van der Waals surface area contributed by atoms with Crippen LogP contribution in [0.5, 0.6) is 0 Å². The Morgan fingerprint density at radius 1 is 1.04 bits per heavy atom. The average molecular weight is 358 g/mol. The molecule has 0 bridgehead atoms. The summed E-state index contributed by atoms with van der Waals surface area (Å²) in [5, 5.41) is 1.29. The van der Waals surface area contributed by atoms with E-state index in [9.17, 15) is 4.79 Å². The first-order chi connectivity index (χ1) is 11.6. The zero-order valence-electron chi connectivity index (χ0n) is 12.1. The van der Waals surface area contributed by atoms with E-state index in [4.69, 9.17) is 27.6 Å². The molecule has 0 saturated carbocycles. The zero-order valence-corrected chi connectivity index (χ0v) is 13.6. The molecule has 0 fully saturated rings. The van der Waals surface area contributed by atoms with Gasteiger partial charge in [0.05, 0.1) is 0 Å². The van der Waals surface area contributed by atoms with Gasteiger partial charge in [0.15, 0.2) is 11.6 Å². The van der Waals surface area contributed by atoms with Gasteiger partial charge in [0.2, 0.25) is 0 Å². The van der Waals surface area contributed by atoms with Crippen molar-refractivity contribution in [3.63, 3.8) is 0 Å². The minimum Gasteiger partial charge on any atom is -0.425 e. The fraction of sp³-hybridized carbons (Fsp3) is 0. The summed E-state index contributed by atoms with van der Waals surface area (Å²) in [6.07, 6.45) is 3.20. The third-order valence-corrected chi connectivity index (χ3v) is 3.99. The van der Waals surface area contributed by atoms with Gasteiger partial charge >= 0.3 is 0 Å². The quantitative estimate of drug-likeness (QED) is 0.535. The molecule has 0 aliphatic carbocycles. The number of aromatic nitrogens is 3. The number of oxazole rings is 1. The fourth-order valence-corrected chi connectivity index (χ4v) is 2.76. The highest BCUT2D eigenvalue weighted by Gasteiger charge is 2.18. The summed E-state index contributed by atoms with van der Waals surface area (Å²) in [5.74, 6) is 0.689. The van der Waals surface area contributed by atoms with Crippen LogP contribution in [0.2, 0.25) is 10.4 Å². The first-order valence-electron chi connectivity index (χ1n) is 7.02. The molecule has 7 heteroatoms. The average Bonchev–Trinajstić information content (AvgIpc) is 2.98. The molecule has 0 amide bonds. The number of hydrogen-bond acceptors (Lipinski definition) is 4. The van der Waals surface area contributed by atoms with Crippen LogP contribution in [-0.2, 0) is 0 Å². The van der Waals surface area contributed by atoms with Crippen LogP contribution in [-0.4, -0.2) is 14.5 Å². The van der Waals surface area contributed by atoms with E-state index in [-0.39, 0.29) is 10.9 Å². The monoisotopic (exact) mass is 357 g/mol. The number of rotatable bonds is 2. The predicted octanol–water partition coefficient (Wildman–Crippen LogP) is 4.35. The maximum absolute atomic E-state index is 12.7. The van der Waals surface area contributed by atoms with Crippen molar-refractivity contribution >= 4 is 34.1 Å². The van der Waals surface area contributed by atoms with Gasteiger partial charge in [-0.1, -0.05) is 17.7 Å². The van der Waals surface area contributed by atoms with Crippen LogP contribution in [0.1, 0.15) is 0 Å². The largest absolute Gasteiger partial charge is 0.425 e. The molecule has 0 spiro atoms. The SMILES string of the molecule is O=c1c2ncccc2ccn1-c1nc(Cl)oc1-c1ccc(Cl)cc1. The predicted molar refractivity (Wildman–Crippen MR) is 92.9 cm³/mol. The summed E-state index contributed by atoms with van der Waals surface area (Å²) in [4.78, 5) is 21.0. The van der Waals surface area contributed by atoms with E-state index in [1.165, 1.54) is 4.57 Å². The molecule has 4 rings (SSSR count). The highest BCUT2D eigenvalue weighted by Crippen LogP contribution is 2.30. The second kappa shape index (κ2) is 5.78. The van der Waals surface area contributed by atoms with Crippen LogP contribution in [0, 0.1) is 0 Å². The molecule has 4 aromatic rings. The van der Waals surface area contributed by atoms with Gasteiger partial charge < -0.3 is 4.42 Å². The van der Waals surface area contributed by atoms with Gasteiger partial charge in [0.25, 0.3) is 10.9 Å². The van der Waals surface area contributed by atoms with Gasteiger partial charge in [-0.25, -0.2) is 0 Å². The minimum atomic E-state index is -0.298. The third-order valence-electron chi connectivity index (χ3n) is 3.58. The minimum absolute atomic E-state index is 0.0528. The lowest BCUT2D eigenvalue weighted by Crippen LogP contribution is -2.19. The number of fused-ring (bicyclic) bond motifs is 1. The summed E-state index contributed by atoms with van der Waals surface area (Å²) in [6, 6.07) is 12.4. The van der Waals surface area contributed by atoms with Crippen LogP contribution < -0.4 is 5.56 Å². The third kappa shape index (κ3) is 2.48. The lowest BCUT2D eigenvalue weighted by molar-refractivity contribution is 0.573. The normalized spacial score (nSPS) is 11.1. The topological polar surface area (TPSA) is 60.9 Å². The van der Waals surface area contributed by atoms with Crippen molar-refractivity contribution in [2.75, 3.05) is 0 Å². The summed E-state index contributed by atoms with van der Waals surface area (Å²) in [7, 11) is 0. The Kier molecular flexibility index (Phi) is 3.59. The molecule has 5 nitrogen and oxygen atoms in total. The molecule has 0 atom stereocenters. The molecule has 0 aliphatic rings. The molecular formula is C17H9Cl2N3O2. The van der Waals surface area contributed by atoms with Gasteiger partial charge in [-0.3, -0.25) is 14.3 Å². The Bertz CT molecular complexity index is 1100. The van der Waals surface area contributed by atoms with Crippen molar-refractivity contribution in [2.45, 2.75) is 0 Å². The highest BCUT2D eigenvalue weighted by atomic mass is 35.5. The van der Waals surface area contributed by atoms with E-state index in [1.54, 1.807) is 48.8 Å². The van der Waals surface area contributed by atoms with Crippen LogP contribution >= 0.6 is 23.2 Å². The first-order valence-corrected chi connectivity index (χ1v) is 7.78. The van der Waals surface area contributed by atoms with Gasteiger partial charge in [-0.15, -0.1) is 0 Å². The van der Waals surface area contributed by atoms with Gasteiger partial charge in [0, 0.05) is 28.4 Å². The van der Waals surface area contributed by atoms with E-state index in [2.05, 4.69) is 9.97 Å². The lowest BCUT2D eigenvalue weighted by atomic mass is 10.1. The summed E-state index contributed by atoms with van der Waals surface area (Å²) in [5.41, 5.74) is 0.760. The van der Waals surface area contributed by atoms with E-state index in [1.807, 2.05) is 6.07 Å². The van der Waals surface area contributed by atoms with Crippen molar-refractivity contribution in [3.05, 3.63) is 75.6 Å². The van der Waals surface area contributed by atoms with Crippen molar-refractivity contribution in [1.29, 1.82) is 0 Å². The van der Waals surface area contributed by atoms with Crippen molar-refractivity contribution in [1.82, 2.24) is 14.5 Å². The van der Waals surface area contributed by atoms with E-state index >= 15 is 0 Å². The molecule has 24 heavy (non-hydrogen) atoms. The molecule has 1 aromatic carbocycles. The fourth-order valence-electron chi connectivity index (χ4n) is 2.47. The Balaban J connectivity index is 1.96. The molecule has 0 aliphatic heterocycles. The van der Waals surface area contributed by atoms with Crippen LogP contribution in [0.4, 0.5) is 0 Å². The van der Waals surface area contributed by atoms with E-state index < -0.39 is 0 Å². The molecule has 0 N–H and O–H groups in total. The standard InChI is InChI=1S/C17H9Cl2N3O2/c18-12-5-3-11(4-6-12)14-15(21-17(19)24-14)22-9-7-10-2-1-8-20-13(10)16(22)23/h1-9H. The van der Waals surface area contributed by atoms with Gasteiger partial charge in [-0.05, 0) is 48.0 Å². The molecule has 118 valence electrons. The highest BCUT2D eigenvalue weighted by molar-refractivity contribution is 6.30. The molecule has 3 aromatic heterocycles. The number of benzene rings is 1. The second-order valence-electron chi connectivity index (χ2n) is 5.06.